The summed E-state index contributed by atoms with van der Waals surface area (Å²) in [5, 5.41) is 8.05. The van der Waals surface area contributed by atoms with Gasteiger partial charge < -0.3 is 14.2 Å². The lowest BCUT2D eigenvalue weighted by molar-refractivity contribution is 0.0560. The predicted octanol–water partition coefficient (Wildman–Crippen LogP) is 1.96. The highest BCUT2D eigenvalue weighted by Crippen LogP contribution is 2.36. The zero-order chi connectivity index (χ0) is 18.7. The van der Waals surface area contributed by atoms with E-state index in [4.69, 9.17) is 9.26 Å². The molecule has 1 saturated heterocycles. The maximum atomic E-state index is 12.7. The number of piperidine rings is 1. The molecule has 0 saturated carbocycles. The van der Waals surface area contributed by atoms with Gasteiger partial charge in [-0.05, 0) is 37.0 Å². The minimum absolute atomic E-state index is 0.181. The lowest BCUT2D eigenvalue weighted by Crippen LogP contribution is -2.43. The molecule has 0 bridgehead atoms. The Morgan fingerprint density at radius 2 is 2.31 bits per heavy atom. The van der Waals surface area contributed by atoms with Crippen LogP contribution in [0.4, 0.5) is 0 Å². The van der Waals surface area contributed by atoms with E-state index in [1.165, 1.54) is 18.7 Å². The van der Waals surface area contributed by atoms with Crippen molar-refractivity contribution < 1.29 is 14.1 Å². The number of hydrogen-bond acceptors (Lipinski definition) is 6. The number of rotatable bonds is 6. The van der Waals surface area contributed by atoms with Crippen molar-refractivity contribution in [3.63, 3.8) is 0 Å². The second-order valence-corrected chi connectivity index (χ2v) is 6.84. The van der Waals surface area contributed by atoms with E-state index in [9.17, 15) is 4.79 Å². The molecule has 1 aliphatic heterocycles. The van der Waals surface area contributed by atoms with Crippen molar-refractivity contribution in [1.29, 1.82) is 0 Å². The van der Waals surface area contributed by atoms with Gasteiger partial charge in [0, 0.05) is 38.4 Å². The van der Waals surface area contributed by atoms with Crippen LogP contribution in [0.2, 0.25) is 0 Å². The lowest BCUT2D eigenvalue weighted by Gasteiger charge is -2.41. The largest absolute Gasteiger partial charge is 0.479 e. The molecule has 8 nitrogen and oxygen atoms in total. The summed E-state index contributed by atoms with van der Waals surface area (Å²) < 4.78 is 11.9. The van der Waals surface area contributed by atoms with E-state index >= 15 is 0 Å². The van der Waals surface area contributed by atoms with Crippen LogP contribution in [-0.2, 0) is 7.05 Å². The Balaban J connectivity index is 1.75. The third-order valence-corrected chi connectivity index (χ3v) is 5.10. The minimum atomic E-state index is -0.181. The highest BCUT2D eigenvalue weighted by molar-refractivity contribution is 5.91. The second kappa shape index (κ2) is 7.90. The molecule has 0 radical (unpaired) electrons. The Hall–Kier alpha value is -2.35. The molecule has 26 heavy (non-hydrogen) atoms. The number of aryl methyl sites for hydroxylation is 1. The standard InChI is InChI=1S/C18H27N5O3/c1-5-23-8-6-7-13(17(23)14-10-19-22(3)12-14)11-21(2)18(24)15-9-16(25-4)20-26-15/h9-10,12-13,17H,5-8,11H2,1-4H3/t13-,17+/m0/s1. The summed E-state index contributed by atoms with van der Waals surface area (Å²) in [4.78, 5) is 16.8. The molecule has 2 aromatic rings. The summed E-state index contributed by atoms with van der Waals surface area (Å²) >= 11 is 0. The first-order valence-electron chi connectivity index (χ1n) is 9.02. The molecular weight excluding hydrogens is 334 g/mol. The average Bonchev–Trinajstić information content (AvgIpc) is 3.29. The minimum Gasteiger partial charge on any atom is -0.479 e. The van der Waals surface area contributed by atoms with Crippen molar-refractivity contribution in [1.82, 2.24) is 24.7 Å². The van der Waals surface area contributed by atoms with Crippen molar-refractivity contribution in [2.45, 2.75) is 25.8 Å². The number of methoxy groups -OCH3 is 1. The van der Waals surface area contributed by atoms with E-state index in [-0.39, 0.29) is 17.7 Å². The van der Waals surface area contributed by atoms with Crippen LogP contribution in [0.25, 0.3) is 0 Å². The molecule has 3 rings (SSSR count). The highest BCUT2D eigenvalue weighted by atomic mass is 16.5. The number of aromatic nitrogens is 3. The molecule has 8 heteroatoms. The van der Waals surface area contributed by atoms with Gasteiger partial charge in [-0.3, -0.25) is 14.4 Å². The Labute approximate surface area is 153 Å². The lowest BCUT2D eigenvalue weighted by atomic mass is 9.85. The van der Waals surface area contributed by atoms with Crippen LogP contribution >= 0.6 is 0 Å². The van der Waals surface area contributed by atoms with Gasteiger partial charge in [-0.2, -0.15) is 5.10 Å². The van der Waals surface area contributed by atoms with E-state index in [0.29, 0.717) is 18.3 Å². The number of nitrogens with zero attached hydrogens (tertiary/aromatic N) is 5. The number of hydrogen-bond donors (Lipinski definition) is 0. The molecule has 0 N–H and O–H groups in total. The second-order valence-electron chi connectivity index (χ2n) is 6.84. The van der Waals surface area contributed by atoms with Gasteiger partial charge >= 0.3 is 0 Å². The first kappa shape index (κ1) is 18.4. The number of amides is 1. The summed E-state index contributed by atoms with van der Waals surface area (Å²) in [6.45, 7) is 4.88. The van der Waals surface area contributed by atoms with Gasteiger partial charge in [0.25, 0.3) is 11.8 Å². The van der Waals surface area contributed by atoms with Crippen molar-refractivity contribution in [2.75, 3.05) is 33.8 Å². The van der Waals surface area contributed by atoms with Gasteiger partial charge in [0.05, 0.1) is 19.4 Å². The number of likely N-dealkylation sites (tertiary alicyclic amines) is 1. The van der Waals surface area contributed by atoms with Gasteiger partial charge in [-0.25, -0.2) is 0 Å². The number of ether oxygens (including phenoxy) is 1. The predicted molar refractivity (Wildman–Crippen MR) is 95.9 cm³/mol. The third-order valence-electron chi connectivity index (χ3n) is 5.10. The summed E-state index contributed by atoms with van der Waals surface area (Å²) in [5.74, 6) is 0.668. The molecule has 2 aromatic heterocycles. The van der Waals surface area contributed by atoms with Crippen molar-refractivity contribution in [3.05, 3.63) is 29.8 Å². The number of carbonyl (C=O) groups is 1. The zero-order valence-corrected chi connectivity index (χ0v) is 15.9. The quantitative estimate of drug-likeness (QED) is 0.783. The van der Waals surface area contributed by atoms with E-state index in [0.717, 1.165) is 25.9 Å². The molecule has 0 spiro atoms. The molecule has 1 aliphatic rings. The van der Waals surface area contributed by atoms with Crippen molar-refractivity contribution >= 4 is 5.91 Å². The van der Waals surface area contributed by atoms with Crippen molar-refractivity contribution in [2.24, 2.45) is 13.0 Å². The summed E-state index contributed by atoms with van der Waals surface area (Å²) in [5.41, 5.74) is 1.21. The Kier molecular flexibility index (Phi) is 5.61. The normalized spacial score (nSPS) is 20.9. The van der Waals surface area contributed by atoms with Gasteiger partial charge in [0.15, 0.2) is 0 Å². The average molecular weight is 361 g/mol. The molecule has 1 amide bonds. The summed E-state index contributed by atoms with van der Waals surface area (Å²) in [6, 6.07) is 1.79. The van der Waals surface area contributed by atoms with E-state index in [2.05, 4.69) is 28.3 Å². The van der Waals surface area contributed by atoms with Crippen LogP contribution < -0.4 is 4.74 Å². The van der Waals surface area contributed by atoms with Gasteiger partial charge in [-0.15, -0.1) is 0 Å². The van der Waals surface area contributed by atoms with Gasteiger partial charge in [-0.1, -0.05) is 6.92 Å². The zero-order valence-electron chi connectivity index (χ0n) is 15.9. The Morgan fingerprint density at radius 3 is 2.92 bits per heavy atom. The maximum absolute atomic E-state index is 12.7. The fourth-order valence-corrected chi connectivity index (χ4v) is 3.85. The summed E-state index contributed by atoms with van der Waals surface area (Å²) in [6.07, 6.45) is 6.23. The Bertz CT molecular complexity index is 741. The monoisotopic (exact) mass is 361 g/mol. The molecule has 1 fully saturated rings. The Morgan fingerprint density at radius 1 is 1.50 bits per heavy atom. The summed E-state index contributed by atoms with van der Waals surface area (Å²) in [7, 11) is 5.24. The van der Waals surface area contributed by atoms with Crippen LogP contribution in [0.5, 0.6) is 5.88 Å². The van der Waals surface area contributed by atoms with Gasteiger partial charge in [0.1, 0.15) is 0 Å². The molecule has 2 atom stereocenters. The maximum Gasteiger partial charge on any atom is 0.292 e. The van der Waals surface area contributed by atoms with Crippen LogP contribution in [0, 0.1) is 5.92 Å². The van der Waals surface area contributed by atoms with E-state index < -0.39 is 0 Å². The van der Waals surface area contributed by atoms with Crippen molar-refractivity contribution in [3.8, 4) is 5.88 Å². The molecule has 0 aromatic carbocycles. The van der Waals surface area contributed by atoms with E-state index in [1.807, 2.05) is 25.0 Å². The highest BCUT2D eigenvalue weighted by Gasteiger charge is 2.34. The van der Waals surface area contributed by atoms with E-state index in [1.54, 1.807) is 4.90 Å². The van der Waals surface area contributed by atoms with Crippen LogP contribution in [0.3, 0.4) is 0 Å². The first-order valence-corrected chi connectivity index (χ1v) is 9.02. The molecule has 0 unspecified atom stereocenters. The molecule has 3 heterocycles. The van der Waals surface area contributed by atoms with Crippen LogP contribution in [0.15, 0.2) is 23.0 Å². The number of carbonyl (C=O) groups excluding carboxylic acids is 1. The fourth-order valence-electron chi connectivity index (χ4n) is 3.85. The third kappa shape index (κ3) is 3.75. The first-order chi connectivity index (χ1) is 12.5. The fraction of sp³-hybridized carbons (Fsp3) is 0.611. The topological polar surface area (TPSA) is 76.6 Å². The smallest absolute Gasteiger partial charge is 0.292 e. The van der Waals surface area contributed by atoms with Crippen LogP contribution in [-0.4, -0.2) is 64.4 Å². The van der Waals surface area contributed by atoms with Crippen LogP contribution in [0.1, 0.15) is 41.9 Å². The molecular formula is C18H27N5O3. The van der Waals surface area contributed by atoms with Gasteiger partial charge in [0.2, 0.25) is 5.76 Å². The SMILES string of the molecule is CCN1CCC[C@@H](CN(C)C(=O)c2cc(OC)no2)[C@@H]1c1cnn(C)c1. The molecule has 0 aliphatic carbocycles. The molecule has 142 valence electrons.